The maximum Gasteiger partial charge on any atom is 0.409 e. The van der Waals surface area contributed by atoms with Crippen molar-refractivity contribution in [1.82, 2.24) is 0 Å². The molecule has 0 saturated carbocycles. The zero-order chi connectivity index (χ0) is 12.7. The largest absolute Gasteiger partial charge is 0.478 e. The fourth-order valence-corrected chi connectivity index (χ4v) is 1.76. The quantitative estimate of drug-likeness (QED) is 0.845. The maximum atomic E-state index is 13.1. The van der Waals surface area contributed by atoms with Crippen LogP contribution in [0.5, 0.6) is 0 Å². The molecule has 0 fully saturated rings. The molecular weight excluding hydrogens is 254 g/mol. The standard InChI is InChI=1S/C10H8F2O4S/c11-10(12,17(13,14)15)9-6-8(16-9)7-4-2-1-3-5-7/h1-6,9H,(H,13,14,15). The Kier molecular flexibility index (Phi) is 2.67. The van der Waals surface area contributed by atoms with Crippen LogP contribution in [0.1, 0.15) is 5.56 Å². The van der Waals surface area contributed by atoms with Crippen LogP contribution < -0.4 is 0 Å². The molecule has 0 aromatic heterocycles. The fourth-order valence-electron chi connectivity index (χ4n) is 1.35. The molecular formula is C10H8F2O4S. The highest BCUT2D eigenvalue weighted by molar-refractivity contribution is 7.86. The summed E-state index contributed by atoms with van der Waals surface area (Å²) in [6.07, 6.45) is -0.990. The minimum Gasteiger partial charge on any atom is -0.478 e. The average molecular weight is 262 g/mol. The van der Waals surface area contributed by atoms with Crippen LogP contribution in [0.25, 0.3) is 5.76 Å². The molecule has 1 unspecified atom stereocenters. The van der Waals surface area contributed by atoms with Crippen molar-refractivity contribution < 1.29 is 26.5 Å². The Bertz CT molecular complexity index is 551. The minimum atomic E-state index is -5.47. The predicted molar refractivity (Wildman–Crippen MR) is 55.8 cm³/mol. The van der Waals surface area contributed by atoms with Crippen molar-refractivity contribution in [3.63, 3.8) is 0 Å². The lowest BCUT2D eigenvalue weighted by atomic mass is 10.1. The van der Waals surface area contributed by atoms with Gasteiger partial charge in [-0.15, -0.1) is 0 Å². The highest BCUT2D eigenvalue weighted by Crippen LogP contribution is 2.38. The van der Waals surface area contributed by atoms with Crippen molar-refractivity contribution in [3.05, 3.63) is 42.0 Å². The molecule has 2 rings (SSSR count). The van der Waals surface area contributed by atoms with Crippen molar-refractivity contribution in [2.45, 2.75) is 11.4 Å². The van der Waals surface area contributed by atoms with Crippen LogP contribution in [-0.4, -0.2) is 24.3 Å². The second kappa shape index (κ2) is 3.78. The number of hydrogen-bond donors (Lipinski definition) is 1. The van der Waals surface area contributed by atoms with Gasteiger partial charge in [0.1, 0.15) is 5.76 Å². The van der Waals surface area contributed by atoms with Gasteiger partial charge < -0.3 is 4.74 Å². The van der Waals surface area contributed by atoms with Gasteiger partial charge in [-0.2, -0.15) is 17.2 Å². The van der Waals surface area contributed by atoms with E-state index in [4.69, 9.17) is 4.55 Å². The summed E-state index contributed by atoms with van der Waals surface area (Å²) in [5.74, 6) is 0.166. The van der Waals surface area contributed by atoms with E-state index < -0.39 is 21.5 Å². The molecule has 1 aliphatic rings. The normalized spacial score (nSPS) is 20.2. The van der Waals surface area contributed by atoms with Crippen LogP contribution >= 0.6 is 0 Å². The van der Waals surface area contributed by atoms with Crippen LogP contribution in [0.2, 0.25) is 0 Å². The molecule has 0 bridgehead atoms. The Morgan fingerprint density at radius 1 is 1.24 bits per heavy atom. The third-order valence-electron chi connectivity index (χ3n) is 2.29. The first kappa shape index (κ1) is 12.0. The molecule has 92 valence electrons. The van der Waals surface area contributed by atoms with Crippen LogP contribution in [-0.2, 0) is 14.9 Å². The summed E-state index contributed by atoms with van der Waals surface area (Å²) in [5.41, 5.74) is 0.565. The summed E-state index contributed by atoms with van der Waals surface area (Å²) < 4.78 is 60.0. The van der Waals surface area contributed by atoms with Crippen molar-refractivity contribution in [3.8, 4) is 0 Å². The van der Waals surface area contributed by atoms with Crippen molar-refractivity contribution in [2.24, 2.45) is 0 Å². The lowest BCUT2D eigenvalue weighted by Crippen LogP contribution is -2.44. The molecule has 1 heterocycles. The Morgan fingerprint density at radius 3 is 2.24 bits per heavy atom. The summed E-state index contributed by atoms with van der Waals surface area (Å²) in [4.78, 5) is 0. The summed E-state index contributed by atoms with van der Waals surface area (Å²) in [6, 6.07) is 8.38. The molecule has 1 N–H and O–H groups in total. The van der Waals surface area contributed by atoms with Gasteiger partial charge in [0.15, 0.2) is 0 Å². The molecule has 0 spiro atoms. The van der Waals surface area contributed by atoms with E-state index in [1.165, 1.54) is 0 Å². The summed E-state index contributed by atoms with van der Waals surface area (Å²) in [5, 5.41) is -4.33. The molecule has 1 aliphatic heterocycles. The van der Waals surface area contributed by atoms with Crippen LogP contribution in [0.3, 0.4) is 0 Å². The first-order valence-electron chi connectivity index (χ1n) is 4.61. The van der Waals surface area contributed by atoms with E-state index in [-0.39, 0.29) is 5.76 Å². The molecule has 4 nitrogen and oxygen atoms in total. The predicted octanol–water partition coefficient (Wildman–Crippen LogP) is 1.91. The molecule has 17 heavy (non-hydrogen) atoms. The average Bonchev–Trinajstić information content (AvgIpc) is 2.14. The Labute approximate surface area is 96.3 Å². The van der Waals surface area contributed by atoms with Gasteiger partial charge in [0.2, 0.25) is 6.10 Å². The number of rotatable bonds is 3. The molecule has 1 atom stereocenters. The second-order valence-corrected chi connectivity index (χ2v) is 4.97. The van der Waals surface area contributed by atoms with Crippen LogP contribution in [0.15, 0.2) is 36.4 Å². The highest BCUT2D eigenvalue weighted by Gasteiger charge is 2.55. The molecule has 1 aromatic rings. The van der Waals surface area contributed by atoms with E-state index in [1.54, 1.807) is 30.3 Å². The number of ether oxygens (including phenoxy) is 1. The lowest BCUT2D eigenvalue weighted by Gasteiger charge is -2.31. The van der Waals surface area contributed by atoms with Gasteiger partial charge in [0.25, 0.3) is 0 Å². The topological polar surface area (TPSA) is 63.6 Å². The van der Waals surface area contributed by atoms with Crippen molar-refractivity contribution >= 4 is 15.9 Å². The van der Waals surface area contributed by atoms with Gasteiger partial charge in [-0.3, -0.25) is 4.55 Å². The van der Waals surface area contributed by atoms with Gasteiger partial charge in [-0.1, -0.05) is 30.3 Å². The smallest absolute Gasteiger partial charge is 0.409 e. The van der Waals surface area contributed by atoms with Gasteiger partial charge >= 0.3 is 15.4 Å². The third kappa shape index (κ3) is 2.03. The van der Waals surface area contributed by atoms with E-state index in [1.807, 2.05) is 0 Å². The van der Waals surface area contributed by atoms with Crippen molar-refractivity contribution in [2.75, 3.05) is 0 Å². The van der Waals surface area contributed by atoms with Crippen LogP contribution in [0, 0.1) is 0 Å². The molecule has 1 aromatic carbocycles. The number of halogens is 2. The zero-order valence-electron chi connectivity index (χ0n) is 8.38. The van der Waals surface area contributed by atoms with E-state index in [9.17, 15) is 17.2 Å². The molecule has 0 radical (unpaired) electrons. The lowest BCUT2D eigenvalue weighted by molar-refractivity contribution is -0.0390. The van der Waals surface area contributed by atoms with E-state index in [2.05, 4.69) is 4.74 Å². The Hall–Kier alpha value is -1.47. The summed E-state index contributed by atoms with van der Waals surface area (Å²) in [7, 11) is -5.47. The minimum absolute atomic E-state index is 0.166. The first-order valence-corrected chi connectivity index (χ1v) is 6.05. The van der Waals surface area contributed by atoms with Gasteiger partial charge in [0, 0.05) is 11.6 Å². The van der Waals surface area contributed by atoms with E-state index in [0.29, 0.717) is 5.56 Å². The van der Waals surface area contributed by atoms with Gasteiger partial charge in [0.05, 0.1) is 0 Å². The molecule has 0 amide bonds. The molecule has 0 aliphatic carbocycles. The Morgan fingerprint density at radius 2 is 1.76 bits per heavy atom. The van der Waals surface area contributed by atoms with Crippen molar-refractivity contribution in [1.29, 1.82) is 0 Å². The molecule has 0 saturated heterocycles. The number of alkyl halides is 2. The van der Waals surface area contributed by atoms with Crippen LogP contribution in [0.4, 0.5) is 8.78 Å². The SMILES string of the molecule is O=S(=O)(O)C(F)(F)C1C=C(c2ccccc2)O1. The highest BCUT2D eigenvalue weighted by atomic mass is 32.2. The number of benzene rings is 1. The second-order valence-electron chi connectivity index (χ2n) is 3.47. The molecule has 7 heteroatoms. The summed E-state index contributed by atoms with van der Waals surface area (Å²) >= 11 is 0. The van der Waals surface area contributed by atoms with E-state index in [0.717, 1.165) is 6.08 Å². The third-order valence-corrected chi connectivity index (χ3v) is 3.21. The van der Waals surface area contributed by atoms with Gasteiger partial charge in [-0.25, -0.2) is 0 Å². The van der Waals surface area contributed by atoms with Gasteiger partial charge in [-0.05, 0) is 0 Å². The monoisotopic (exact) mass is 262 g/mol. The first-order chi connectivity index (χ1) is 7.82. The summed E-state index contributed by atoms with van der Waals surface area (Å²) in [6.45, 7) is 0. The maximum absolute atomic E-state index is 13.1. The zero-order valence-corrected chi connectivity index (χ0v) is 9.19. The number of hydrogen-bond acceptors (Lipinski definition) is 3. The fraction of sp³-hybridized carbons (Fsp3) is 0.200. The Balaban J connectivity index is 2.21. The van der Waals surface area contributed by atoms with E-state index >= 15 is 0 Å².